The van der Waals surface area contributed by atoms with E-state index in [1.165, 1.54) is 0 Å². The number of hydrogen-bond donors (Lipinski definition) is 3. The highest BCUT2D eigenvalue weighted by molar-refractivity contribution is 7.11. The number of aromatic nitrogens is 1. The smallest absolute Gasteiger partial charge is 0.317 e. The summed E-state index contributed by atoms with van der Waals surface area (Å²) >= 11 is 1.03. The number of rotatable bonds is 6. The maximum Gasteiger partial charge on any atom is 0.317 e. The van der Waals surface area contributed by atoms with Gasteiger partial charge in [-0.2, -0.15) is 4.37 Å². The van der Waals surface area contributed by atoms with Crippen LogP contribution >= 0.6 is 11.5 Å². The Morgan fingerprint density at radius 2 is 2.06 bits per heavy atom. The van der Waals surface area contributed by atoms with Crippen molar-refractivity contribution in [3.05, 3.63) is 11.3 Å². The molecule has 0 unspecified atom stereocenters. The van der Waals surface area contributed by atoms with Crippen LogP contribution in [0.1, 0.15) is 42.2 Å². The van der Waals surface area contributed by atoms with Gasteiger partial charge in [0, 0.05) is 0 Å². The van der Waals surface area contributed by atoms with Crippen molar-refractivity contribution >= 4 is 28.5 Å². The summed E-state index contributed by atoms with van der Waals surface area (Å²) in [5.74, 6) is -0.589. The van der Waals surface area contributed by atoms with Gasteiger partial charge in [-0.3, -0.25) is 10.1 Å². The third-order valence-electron chi connectivity index (χ3n) is 2.26. The van der Waals surface area contributed by atoms with Gasteiger partial charge in [0.15, 0.2) is 0 Å². The van der Waals surface area contributed by atoms with Gasteiger partial charge < -0.3 is 11.5 Å². The summed E-state index contributed by atoms with van der Waals surface area (Å²) in [4.78, 5) is 22.1. The third-order valence-corrected chi connectivity index (χ3v) is 3.06. The predicted octanol–water partition coefficient (Wildman–Crippen LogP) is 1.47. The van der Waals surface area contributed by atoms with Gasteiger partial charge in [-0.15, -0.1) is 0 Å². The average molecular weight is 256 g/mol. The number of carbonyl (C=O) groups excluding carboxylic acids is 2. The molecule has 0 fully saturated rings. The van der Waals surface area contributed by atoms with E-state index in [2.05, 4.69) is 16.6 Å². The molecule has 0 aromatic carbocycles. The van der Waals surface area contributed by atoms with Crippen molar-refractivity contribution < 1.29 is 9.59 Å². The molecule has 0 aliphatic rings. The Bertz CT molecular complexity index is 416. The van der Waals surface area contributed by atoms with Gasteiger partial charge in [-0.25, -0.2) is 4.79 Å². The number of hydrogen-bond acceptors (Lipinski definition) is 4. The molecule has 7 heteroatoms. The molecule has 0 atom stereocenters. The highest BCUT2D eigenvalue weighted by Crippen LogP contribution is 2.25. The first-order chi connectivity index (χ1) is 8.06. The van der Waals surface area contributed by atoms with Crippen LogP contribution in [0.5, 0.6) is 0 Å². The topological polar surface area (TPSA) is 111 Å². The molecule has 0 spiro atoms. The van der Waals surface area contributed by atoms with Crippen LogP contribution in [0.3, 0.4) is 0 Å². The molecule has 1 heterocycles. The predicted molar refractivity (Wildman–Crippen MR) is 67.1 cm³/mol. The molecule has 94 valence electrons. The fourth-order valence-corrected chi connectivity index (χ4v) is 2.33. The van der Waals surface area contributed by atoms with Crippen molar-refractivity contribution in [2.45, 2.75) is 32.6 Å². The van der Waals surface area contributed by atoms with Crippen molar-refractivity contribution in [1.29, 1.82) is 0 Å². The number of aryl methyl sites for hydroxylation is 1. The van der Waals surface area contributed by atoms with Crippen molar-refractivity contribution in [2.24, 2.45) is 11.5 Å². The zero-order valence-corrected chi connectivity index (χ0v) is 10.5. The van der Waals surface area contributed by atoms with Gasteiger partial charge in [-0.1, -0.05) is 19.8 Å². The van der Waals surface area contributed by atoms with E-state index in [1.54, 1.807) is 0 Å². The Morgan fingerprint density at radius 1 is 1.35 bits per heavy atom. The average Bonchev–Trinajstić information content (AvgIpc) is 2.60. The summed E-state index contributed by atoms with van der Waals surface area (Å²) in [5.41, 5.74) is 11.2. The lowest BCUT2D eigenvalue weighted by Crippen LogP contribution is -2.22. The van der Waals surface area contributed by atoms with E-state index < -0.39 is 11.9 Å². The minimum absolute atomic E-state index is 0.282. The number of carbonyl (C=O) groups is 2. The van der Waals surface area contributed by atoms with Crippen LogP contribution in [0, 0.1) is 0 Å². The van der Waals surface area contributed by atoms with Crippen molar-refractivity contribution in [3.63, 3.8) is 0 Å². The van der Waals surface area contributed by atoms with Crippen LogP contribution in [0.25, 0.3) is 0 Å². The molecule has 5 N–H and O–H groups in total. The SMILES string of the molecule is CCCCCc1nsc(NC(N)=O)c1C(N)=O. The molecule has 0 radical (unpaired) electrons. The number of unbranched alkanes of at least 4 members (excludes halogenated alkanes) is 2. The highest BCUT2D eigenvalue weighted by Gasteiger charge is 2.19. The van der Waals surface area contributed by atoms with Crippen LogP contribution in [0.15, 0.2) is 0 Å². The second-order valence-electron chi connectivity index (χ2n) is 3.64. The highest BCUT2D eigenvalue weighted by atomic mass is 32.1. The zero-order chi connectivity index (χ0) is 12.8. The molecule has 0 saturated carbocycles. The van der Waals surface area contributed by atoms with Crippen LogP contribution in [-0.2, 0) is 6.42 Å². The number of anilines is 1. The molecule has 0 bridgehead atoms. The molecule has 1 aromatic heterocycles. The molecular formula is C10H16N4O2S. The number of nitrogens with one attached hydrogen (secondary N) is 1. The molecule has 3 amide bonds. The first-order valence-corrected chi connectivity index (χ1v) is 6.18. The number of nitrogens with two attached hydrogens (primary N) is 2. The normalized spacial score (nSPS) is 10.2. The van der Waals surface area contributed by atoms with E-state index in [0.717, 1.165) is 30.8 Å². The Kier molecular flexibility index (Phi) is 4.89. The summed E-state index contributed by atoms with van der Waals surface area (Å²) in [7, 11) is 0. The van der Waals surface area contributed by atoms with Gasteiger partial charge in [0.05, 0.1) is 11.3 Å². The fourth-order valence-electron chi connectivity index (χ4n) is 1.49. The Labute approximate surface area is 104 Å². The van der Waals surface area contributed by atoms with Gasteiger partial charge in [0.2, 0.25) is 0 Å². The largest absolute Gasteiger partial charge is 0.365 e. The third kappa shape index (κ3) is 3.70. The molecule has 6 nitrogen and oxygen atoms in total. The molecule has 0 aliphatic heterocycles. The van der Waals surface area contributed by atoms with Crippen molar-refractivity contribution in [1.82, 2.24) is 4.37 Å². The standard InChI is InChI=1S/C10H16N4O2S/c1-2-3-4-5-6-7(8(11)15)9(17-14-6)13-10(12)16/h2-5H2,1H3,(H2,11,15)(H3,12,13,16). The summed E-state index contributed by atoms with van der Waals surface area (Å²) in [5, 5.41) is 2.69. The van der Waals surface area contributed by atoms with E-state index in [9.17, 15) is 9.59 Å². The molecule has 17 heavy (non-hydrogen) atoms. The van der Waals surface area contributed by atoms with Crippen LogP contribution < -0.4 is 16.8 Å². The second kappa shape index (κ2) is 6.19. The second-order valence-corrected chi connectivity index (χ2v) is 4.42. The number of urea groups is 1. The molecular weight excluding hydrogens is 240 g/mol. The molecule has 1 aromatic rings. The van der Waals surface area contributed by atoms with Gasteiger partial charge >= 0.3 is 6.03 Å². The Balaban J connectivity index is 2.86. The summed E-state index contributed by atoms with van der Waals surface area (Å²) in [6, 6.07) is -0.726. The lowest BCUT2D eigenvalue weighted by molar-refractivity contribution is 0.100. The first-order valence-electron chi connectivity index (χ1n) is 5.41. The van der Waals surface area contributed by atoms with Crippen molar-refractivity contribution in [2.75, 3.05) is 5.32 Å². The van der Waals surface area contributed by atoms with E-state index in [1.807, 2.05) is 0 Å². The first kappa shape index (κ1) is 13.4. The van der Waals surface area contributed by atoms with Crippen LogP contribution in [0.2, 0.25) is 0 Å². The number of amides is 3. The van der Waals surface area contributed by atoms with Gasteiger partial charge in [-0.05, 0) is 24.4 Å². The summed E-state index contributed by atoms with van der Waals surface area (Å²) in [6.07, 6.45) is 3.77. The minimum Gasteiger partial charge on any atom is -0.365 e. The van der Waals surface area contributed by atoms with E-state index in [-0.39, 0.29) is 5.56 Å². The van der Waals surface area contributed by atoms with E-state index in [4.69, 9.17) is 11.5 Å². The number of nitrogens with zero attached hydrogens (tertiary/aromatic N) is 1. The minimum atomic E-state index is -0.726. The van der Waals surface area contributed by atoms with E-state index >= 15 is 0 Å². The zero-order valence-electron chi connectivity index (χ0n) is 9.66. The molecule has 0 saturated heterocycles. The summed E-state index contributed by atoms with van der Waals surface area (Å²) < 4.78 is 4.13. The fraction of sp³-hybridized carbons (Fsp3) is 0.500. The quantitative estimate of drug-likeness (QED) is 0.670. The van der Waals surface area contributed by atoms with Crippen LogP contribution in [-0.4, -0.2) is 16.3 Å². The van der Waals surface area contributed by atoms with Crippen molar-refractivity contribution in [3.8, 4) is 0 Å². The maximum atomic E-state index is 11.3. The van der Waals surface area contributed by atoms with E-state index in [0.29, 0.717) is 17.1 Å². The lowest BCUT2D eigenvalue weighted by Gasteiger charge is -2.02. The van der Waals surface area contributed by atoms with Crippen LogP contribution in [0.4, 0.5) is 9.80 Å². The summed E-state index contributed by atoms with van der Waals surface area (Å²) in [6.45, 7) is 2.09. The molecule has 1 rings (SSSR count). The lowest BCUT2D eigenvalue weighted by atomic mass is 10.1. The maximum absolute atomic E-state index is 11.3. The monoisotopic (exact) mass is 256 g/mol. The Morgan fingerprint density at radius 3 is 2.59 bits per heavy atom. The number of primary amides is 2. The van der Waals surface area contributed by atoms with Gasteiger partial charge in [0.25, 0.3) is 5.91 Å². The van der Waals surface area contributed by atoms with Gasteiger partial charge in [0.1, 0.15) is 5.00 Å². The Hall–Kier alpha value is -1.63. The molecule has 0 aliphatic carbocycles.